The van der Waals surface area contributed by atoms with Crippen molar-refractivity contribution in [2.75, 3.05) is 25.5 Å². The number of anilines is 1. The van der Waals surface area contributed by atoms with Gasteiger partial charge >= 0.3 is 0 Å². The molecule has 0 radical (unpaired) electrons. The van der Waals surface area contributed by atoms with Crippen LogP contribution in [-0.4, -0.2) is 26.1 Å². The van der Waals surface area contributed by atoms with E-state index in [9.17, 15) is 9.18 Å². The van der Waals surface area contributed by atoms with Crippen molar-refractivity contribution in [1.29, 1.82) is 0 Å². The van der Waals surface area contributed by atoms with E-state index in [2.05, 4.69) is 10.6 Å². The number of halogens is 2. The molecule has 1 heterocycles. The molecule has 1 aromatic carbocycles. The van der Waals surface area contributed by atoms with Crippen molar-refractivity contribution in [3.8, 4) is 5.75 Å². The summed E-state index contributed by atoms with van der Waals surface area (Å²) in [6, 6.07) is 4.30. The fraction of sp³-hybridized carbons (Fsp3) is 0.462. The van der Waals surface area contributed by atoms with Crippen LogP contribution in [-0.2, 0) is 4.79 Å². The number of ether oxygens (including phenoxy) is 1. The predicted octanol–water partition coefficient (Wildman–Crippen LogP) is 2.19. The smallest absolute Gasteiger partial charge is 0.231 e. The molecule has 0 spiro atoms. The van der Waals surface area contributed by atoms with E-state index in [-0.39, 0.29) is 24.1 Å². The summed E-state index contributed by atoms with van der Waals surface area (Å²) in [5.74, 6) is -0.368. The number of hydrogen-bond donors (Lipinski definition) is 2. The highest BCUT2D eigenvalue weighted by Crippen LogP contribution is 2.28. The minimum absolute atomic E-state index is 0. The van der Waals surface area contributed by atoms with Crippen molar-refractivity contribution in [2.45, 2.75) is 13.3 Å². The van der Waals surface area contributed by atoms with Gasteiger partial charge in [-0.05, 0) is 32.0 Å². The molecule has 0 bridgehead atoms. The number of carbonyl (C=O) groups excluding carboxylic acids is 1. The van der Waals surface area contributed by atoms with Crippen LogP contribution in [0.5, 0.6) is 5.75 Å². The molecule has 0 saturated carbocycles. The van der Waals surface area contributed by atoms with Crippen LogP contribution in [0.25, 0.3) is 0 Å². The van der Waals surface area contributed by atoms with Gasteiger partial charge in [0.2, 0.25) is 5.91 Å². The Balaban J connectivity index is 0.00000180. The van der Waals surface area contributed by atoms with Crippen LogP contribution in [0.3, 0.4) is 0 Å². The third-order valence-electron chi connectivity index (χ3n) is 3.33. The first-order chi connectivity index (χ1) is 8.55. The number of hydrogen-bond acceptors (Lipinski definition) is 3. The lowest BCUT2D eigenvalue weighted by Gasteiger charge is -2.21. The Bertz CT molecular complexity index is 462. The SMILES string of the molecule is COc1cc(NC(=O)C2(C)CCNC2)ccc1F.Cl. The number of benzene rings is 1. The number of carbonyl (C=O) groups is 1. The molecule has 2 N–H and O–H groups in total. The molecule has 1 aliphatic heterocycles. The highest BCUT2D eigenvalue weighted by atomic mass is 35.5. The number of nitrogens with one attached hydrogen (secondary N) is 2. The molecule has 106 valence electrons. The van der Waals surface area contributed by atoms with E-state index in [1.807, 2.05) is 6.92 Å². The molecular weight excluding hydrogens is 271 g/mol. The maximum absolute atomic E-state index is 13.2. The van der Waals surface area contributed by atoms with Crippen LogP contribution >= 0.6 is 12.4 Å². The summed E-state index contributed by atoms with van der Waals surface area (Å²) in [7, 11) is 1.40. The summed E-state index contributed by atoms with van der Waals surface area (Å²) in [4.78, 5) is 12.1. The largest absolute Gasteiger partial charge is 0.494 e. The summed E-state index contributed by atoms with van der Waals surface area (Å²) in [6.07, 6.45) is 0.803. The lowest BCUT2D eigenvalue weighted by molar-refractivity contribution is -0.123. The van der Waals surface area contributed by atoms with Gasteiger partial charge in [0.05, 0.1) is 12.5 Å². The highest BCUT2D eigenvalue weighted by molar-refractivity contribution is 5.95. The zero-order valence-corrected chi connectivity index (χ0v) is 11.8. The van der Waals surface area contributed by atoms with E-state index < -0.39 is 11.2 Å². The number of methoxy groups -OCH3 is 1. The zero-order chi connectivity index (χ0) is 13.2. The van der Waals surface area contributed by atoms with Crippen molar-refractivity contribution in [1.82, 2.24) is 5.32 Å². The van der Waals surface area contributed by atoms with Gasteiger partial charge in [0.1, 0.15) is 0 Å². The number of rotatable bonds is 3. The normalized spacial score (nSPS) is 21.6. The van der Waals surface area contributed by atoms with Gasteiger partial charge < -0.3 is 15.4 Å². The van der Waals surface area contributed by atoms with E-state index in [0.717, 1.165) is 13.0 Å². The summed E-state index contributed by atoms with van der Waals surface area (Å²) in [6.45, 7) is 3.43. The second-order valence-electron chi connectivity index (χ2n) is 4.79. The molecule has 1 aliphatic rings. The minimum atomic E-state index is -0.441. The molecule has 0 aromatic heterocycles. The fourth-order valence-corrected chi connectivity index (χ4v) is 2.03. The Labute approximate surface area is 118 Å². The molecule has 1 atom stereocenters. The fourth-order valence-electron chi connectivity index (χ4n) is 2.03. The summed E-state index contributed by atoms with van der Waals surface area (Å²) in [5, 5.41) is 5.97. The van der Waals surface area contributed by atoms with Gasteiger partial charge in [-0.2, -0.15) is 0 Å². The van der Waals surface area contributed by atoms with Crippen LogP contribution in [0.4, 0.5) is 10.1 Å². The molecule has 4 nitrogen and oxygen atoms in total. The van der Waals surface area contributed by atoms with E-state index in [1.54, 1.807) is 0 Å². The van der Waals surface area contributed by atoms with Gasteiger partial charge in [-0.3, -0.25) is 4.79 Å². The summed E-state index contributed by atoms with van der Waals surface area (Å²) >= 11 is 0. The van der Waals surface area contributed by atoms with Crippen LogP contribution in [0.1, 0.15) is 13.3 Å². The van der Waals surface area contributed by atoms with E-state index >= 15 is 0 Å². The van der Waals surface area contributed by atoms with Gasteiger partial charge in [0.15, 0.2) is 11.6 Å². The van der Waals surface area contributed by atoms with Gasteiger partial charge in [-0.25, -0.2) is 4.39 Å². The molecule has 1 fully saturated rings. The van der Waals surface area contributed by atoms with Crippen molar-refractivity contribution >= 4 is 24.0 Å². The Morgan fingerprint density at radius 3 is 2.84 bits per heavy atom. The van der Waals surface area contributed by atoms with Crippen LogP contribution in [0.2, 0.25) is 0 Å². The van der Waals surface area contributed by atoms with Gasteiger partial charge in [0.25, 0.3) is 0 Å². The standard InChI is InChI=1S/C13H17FN2O2.ClH/c1-13(5-6-15-8-13)12(17)16-9-3-4-10(14)11(7-9)18-2;/h3-4,7,15H,5-6,8H2,1-2H3,(H,16,17);1H. The number of amides is 1. The van der Waals surface area contributed by atoms with Crippen molar-refractivity contribution in [2.24, 2.45) is 5.41 Å². The molecule has 2 rings (SSSR count). The second-order valence-corrected chi connectivity index (χ2v) is 4.79. The van der Waals surface area contributed by atoms with E-state index in [0.29, 0.717) is 12.2 Å². The van der Waals surface area contributed by atoms with Crippen LogP contribution in [0.15, 0.2) is 18.2 Å². The maximum atomic E-state index is 13.2. The Morgan fingerprint density at radius 1 is 1.53 bits per heavy atom. The van der Waals surface area contributed by atoms with Crippen molar-refractivity contribution in [3.05, 3.63) is 24.0 Å². The molecule has 6 heteroatoms. The highest BCUT2D eigenvalue weighted by Gasteiger charge is 2.36. The average molecular weight is 289 g/mol. The van der Waals surface area contributed by atoms with Crippen molar-refractivity contribution in [3.63, 3.8) is 0 Å². The van der Waals surface area contributed by atoms with E-state index in [1.165, 1.54) is 25.3 Å². The minimum Gasteiger partial charge on any atom is -0.494 e. The third kappa shape index (κ3) is 3.36. The first-order valence-corrected chi connectivity index (χ1v) is 5.91. The first kappa shape index (κ1) is 15.7. The van der Waals surface area contributed by atoms with Gasteiger partial charge in [0, 0.05) is 18.3 Å². The monoisotopic (exact) mass is 288 g/mol. The molecular formula is C13H18ClFN2O2. The average Bonchev–Trinajstić information content (AvgIpc) is 2.80. The van der Waals surface area contributed by atoms with Crippen molar-refractivity contribution < 1.29 is 13.9 Å². The molecule has 19 heavy (non-hydrogen) atoms. The molecule has 1 saturated heterocycles. The van der Waals surface area contributed by atoms with E-state index in [4.69, 9.17) is 4.74 Å². The maximum Gasteiger partial charge on any atom is 0.231 e. The summed E-state index contributed by atoms with van der Waals surface area (Å²) in [5.41, 5.74) is 0.146. The molecule has 1 unspecified atom stereocenters. The lowest BCUT2D eigenvalue weighted by atomic mass is 9.89. The molecule has 1 aromatic rings. The Hall–Kier alpha value is -1.33. The quantitative estimate of drug-likeness (QED) is 0.896. The predicted molar refractivity (Wildman–Crippen MR) is 74.4 cm³/mol. The summed E-state index contributed by atoms with van der Waals surface area (Å²) < 4.78 is 18.1. The topological polar surface area (TPSA) is 50.4 Å². The molecule has 0 aliphatic carbocycles. The lowest BCUT2D eigenvalue weighted by Crippen LogP contribution is -2.35. The zero-order valence-electron chi connectivity index (χ0n) is 11.0. The Morgan fingerprint density at radius 2 is 2.26 bits per heavy atom. The van der Waals surface area contributed by atoms with Crippen LogP contribution < -0.4 is 15.4 Å². The third-order valence-corrected chi connectivity index (χ3v) is 3.33. The van der Waals surface area contributed by atoms with Gasteiger partial charge in [-0.1, -0.05) is 0 Å². The molecule has 1 amide bonds. The first-order valence-electron chi connectivity index (χ1n) is 5.91. The van der Waals surface area contributed by atoms with Crippen LogP contribution in [0, 0.1) is 11.2 Å². The second kappa shape index (κ2) is 6.21. The Kier molecular flexibility index (Phi) is 5.14. The van der Waals surface area contributed by atoms with Gasteiger partial charge in [-0.15, -0.1) is 12.4 Å².